The maximum atomic E-state index is 13.2. The van der Waals surface area contributed by atoms with Crippen LogP contribution in [0.3, 0.4) is 0 Å². The van der Waals surface area contributed by atoms with E-state index in [1.807, 2.05) is 49.4 Å². The Balaban J connectivity index is 1.64. The van der Waals surface area contributed by atoms with E-state index in [-0.39, 0.29) is 24.0 Å². The van der Waals surface area contributed by atoms with Crippen LogP contribution in [0.4, 0.5) is 0 Å². The highest BCUT2D eigenvalue weighted by molar-refractivity contribution is 6.46. The number of hydrogen-bond acceptors (Lipinski definition) is 4. The van der Waals surface area contributed by atoms with Gasteiger partial charge >= 0.3 is 0 Å². The van der Waals surface area contributed by atoms with Crippen LogP contribution in [-0.4, -0.2) is 27.8 Å². The van der Waals surface area contributed by atoms with E-state index in [9.17, 15) is 14.7 Å². The van der Waals surface area contributed by atoms with Gasteiger partial charge in [0.05, 0.1) is 11.6 Å². The van der Waals surface area contributed by atoms with Gasteiger partial charge in [-0.2, -0.15) is 0 Å². The van der Waals surface area contributed by atoms with E-state index in [4.69, 9.17) is 16.3 Å². The van der Waals surface area contributed by atoms with E-state index in [1.165, 1.54) is 4.90 Å². The highest BCUT2D eigenvalue weighted by Gasteiger charge is 2.46. The Bertz CT molecular complexity index is 1280. The summed E-state index contributed by atoms with van der Waals surface area (Å²) in [5.74, 6) is -0.784. The number of ketones is 1. The summed E-state index contributed by atoms with van der Waals surface area (Å²) < 4.78 is 5.75. The predicted octanol–water partition coefficient (Wildman–Crippen LogP) is 5.29. The van der Waals surface area contributed by atoms with Crippen LogP contribution in [0.5, 0.6) is 5.75 Å². The smallest absolute Gasteiger partial charge is 0.295 e. The van der Waals surface area contributed by atoms with Crippen molar-refractivity contribution >= 4 is 29.1 Å². The quantitative estimate of drug-likeness (QED) is 0.327. The number of fused-ring (bicyclic) bond motifs is 1. The van der Waals surface area contributed by atoms with E-state index < -0.39 is 17.7 Å². The minimum Gasteiger partial charge on any atom is -0.507 e. The monoisotopic (exact) mass is 459 g/mol. The molecular weight excluding hydrogens is 438 g/mol. The van der Waals surface area contributed by atoms with Gasteiger partial charge in [-0.25, -0.2) is 0 Å². The van der Waals surface area contributed by atoms with Crippen LogP contribution < -0.4 is 4.74 Å². The fourth-order valence-electron chi connectivity index (χ4n) is 4.57. The highest BCUT2D eigenvalue weighted by Crippen LogP contribution is 2.41. The lowest BCUT2D eigenvalue weighted by molar-refractivity contribution is -0.140. The second kappa shape index (κ2) is 8.41. The van der Waals surface area contributed by atoms with Crippen molar-refractivity contribution in [2.75, 3.05) is 0 Å². The second-order valence-corrected chi connectivity index (χ2v) is 8.86. The zero-order chi connectivity index (χ0) is 23.1. The molecule has 2 atom stereocenters. The lowest BCUT2D eigenvalue weighted by Crippen LogP contribution is -2.29. The molecule has 0 unspecified atom stereocenters. The number of nitrogens with zero attached hydrogens (tertiary/aromatic N) is 1. The number of Topliss-reactive ketones (excluding diaryl/α,β-unsaturated/α-hetero) is 1. The van der Waals surface area contributed by atoms with Gasteiger partial charge in [0.1, 0.15) is 17.6 Å². The SMILES string of the molecule is C[C@H]1Cc2cc(C(O)=C3C(=O)C(=O)N(Cc4ccccc4)[C@@H]3c3cccc(Cl)c3)ccc2O1. The number of carbonyl (C=O) groups is 2. The summed E-state index contributed by atoms with van der Waals surface area (Å²) in [6.45, 7) is 2.21. The standard InChI is InChI=1S/C27H22ClNO4/c1-16-12-20-13-19(10-11-22(20)33-16)25(30)23-24(18-8-5-9-21(28)14-18)29(27(32)26(23)31)15-17-6-3-2-4-7-17/h2-11,13-14,16,24,30H,12,15H2,1H3/t16-,24+/m0/s1. The van der Waals surface area contributed by atoms with Crippen molar-refractivity contribution in [2.24, 2.45) is 0 Å². The number of halogens is 1. The topological polar surface area (TPSA) is 66.8 Å². The molecule has 3 aromatic carbocycles. The lowest BCUT2D eigenvalue weighted by atomic mass is 9.94. The first kappa shape index (κ1) is 21.3. The van der Waals surface area contributed by atoms with Gasteiger partial charge in [0, 0.05) is 23.6 Å². The second-order valence-electron chi connectivity index (χ2n) is 8.42. The number of amides is 1. The van der Waals surface area contributed by atoms with Crippen molar-refractivity contribution in [3.63, 3.8) is 0 Å². The molecule has 33 heavy (non-hydrogen) atoms. The van der Waals surface area contributed by atoms with Crippen molar-refractivity contribution in [2.45, 2.75) is 32.0 Å². The summed E-state index contributed by atoms with van der Waals surface area (Å²) >= 11 is 6.25. The summed E-state index contributed by atoms with van der Waals surface area (Å²) in [5, 5.41) is 11.8. The number of aliphatic hydroxyl groups is 1. The molecular formula is C27H22ClNO4. The minimum atomic E-state index is -0.757. The Labute approximate surface area is 196 Å². The molecule has 0 aromatic heterocycles. The fourth-order valence-corrected chi connectivity index (χ4v) is 4.77. The van der Waals surface area contributed by atoms with Crippen molar-refractivity contribution in [3.8, 4) is 5.75 Å². The van der Waals surface area contributed by atoms with Gasteiger partial charge in [0.25, 0.3) is 11.7 Å². The van der Waals surface area contributed by atoms with Crippen molar-refractivity contribution in [1.82, 2.24) is 4.90 Å². The van der Waals surface area contributed by atoms with E-state index in [0.29, 0.717) is 16.1 Å². The van der Waals surface area contributed by atoms with Crippen LogP contribution in [0, 0.1) is 0 Å². The number of benzene rings is 3. The van der Waals surface area contributed by atoms with Crippen LogP contribution in [0.2, 0.25) is 5.02 Å². The molecule has 166 valence electrons. The van der Waals surface area contributed by atoms with E-state index in [1.54, 1.807) is 30.3 Å². The molecule has 2 aliphatic rings. The Hall–Kier alpha value is -3.57. The first-order valence-corrected chi connectivity index (χ1v) is 11.2. The molecule has 1 fully saturated rings. The minimum absolute atomic E-state index is 0.0558. The van der Waals surface area contributed by atoms with Gasteiger partial charge in [0.2, 0.25) is 0 Å². The van der Waals surface area contributed by atoms with Crippen molar-refractivity contribution in [3.05, 3.63) is 106 Å². The zero-order valence-electron chi connectivity index (χ0n) is 18.0. The van der Waals surface area contributed by atoms with Crippen LogP contribution in [0.1, 0.15) is 35.2 Å². The molecule has 1 N–H and O–H groups in total. The van der Waals surface area contributed by atoms with Crippen molar-refractivity contribution in [1.29, 1.82) is 0 Å². The molecule has 0 spiro atoms. The number of hydrogen-bond donors (Lipinski definition) is 1. The Morgan fingerprint density at radius 2 is 1.85 bits per heavy atom. The van der Waals surface area contributed by atoms with Gasteiger partial charge in [-0.15, -0.1) is 0 Å². The molecule has 1 amide bonds. The molecule has 2 heterocycles. The first-order valence-electron chi connectivity index (χ1n) is 10.8. The summed E-state index contributed by atoms with van der Waals surface area (Å²) in [6.07, 6.45) is 0.775. The predicted molar refractivity (Wildman–Crippen MR) is 126 cm³/mol. The fraction of sp³-hybridized carbons (Fsp3) is 0.185. The normalized spacial score (nSPS) is 21.2. The third kappa shape index (κ3) is 3.89. The zero-order valence-corrected chi connectivity index (χ0v) is 18.8. The highest BCUT2D eigenvalue weighted by atomic mass is 35.5. The number of ether oxygens (including phenoxy) is 1. The molecule has 6 heteroatoms. The third-order valence-corrected chi connectivity index (χ3v) is 6.30. The van der Waals surface area contributed by atoms with Gasteiger partial charge in [-0.05, 0) is 53.9 Å². The molecule has 2 aliphatic heterocycles. The largest absolute Gasteiger partial charge is 0.507 e. The summed E-state index contributed by atoms with van der Waals surface area (Å²) in [6, 6.07) is 21.1. The van der Waals surface area contributed by atoms with Gasteiger partial charge in [0.15, 0.2) is 0 Å². The molecule has 5 rings (SSSR count). The first-order chi connectivity index (χ1) is 15.9. The Morgan fingerprint density at radius 1 is 1.06 bits per heavy atom. The average Bonchev–Trinajstić information content (AvgIpc) is 3.30. The van der Waals surface area contributed by atoms with Crippen LogP contribution in [-0.2, 0) is 22.6 Å². The maximum Gasteiger partial charge on any atom is 0.295 e. The molecule has 0 saturated carbocycles. The van der Waals surface area contributed by atoms with Gasteiger partial charge < -0.3 is 14.7 Å². The molecule has 5 nitrogen and oxygen atoms in total. The lowest BCUT2D eigenvalue weighted by Gasteiger charge is -2.25. The Morgan fingerprint density at radius 3 is 2.61 bits per heavy atom. The number of carbonyl (C=O) groups excluding carboxylic acids is 2. The van der Waals surface area contributed by atoms with E-state index in [2.05, 4.69) is 0 Å². The van der Waals surface area contributed by atoms with Gasteiger partial charge in [-0.3, -0.25) is 9.59 Å². The molecule has 0 aliphatic carbocycles. The number of rotatable bonds is 4. The average molecular weight is 460 g/mol. The van der Waals surface area contributed by atoms with E-state index in [0.717, 1.165) is 23.3 Å². The molecule has 3 aromatic rings. The van der Waals surface area contributed by atoms with E-state index >= 15 is 0 Å². The molecule has 0 radical (unpaired) electrons. The maximum absolute atomic E-state index is 13.2. The Kier molecular flexibility index (Phi) is 5.43. The third-order valence-electron chi connectivity index (χ3n) is 6.07. The molecule has 1 saturated heterocycles. The van der Waals surface area contributed by atoms with Crippen LogP contribution >= 0.6 is 11.6 Å². The summed E-state index contributed by atoms with van der Waals surface area (Å²) in [7, 11) is 0. The van der Waals surface area contributed by atoms with Crippen LogP contribution in [0.15, 0.2) is 78.4 Å². The van der Waals surface area contributed by atoms with Crippen LogP contribution in [0.25, 0.3) is 5.76 Å². The summed E-state index contributed by atoms with van der Waals surface area (Å²) in [4.78, 5) is 27.8. The summed E-state index contributed by atoms with van der Waals surface area (Å²) in [5.41, 5.74) is 3.05. The number of aliphatic hydroxyl groups excluding tert-OH is 1. The van der Waals surface area contributed by atoms with Gasteiger partial charge in [-0.1, -0.05) is 54.1 Å². The molecule has 0 bridgehead atoms. The number of likely N-dealkylation sites (tertiary alicyclic amines) is 1. The van der Waals surface area contributed by atoms with Crippen molar-refractivity contribution < 1.29 is 19.4 Å².